The highest BCUT2D eigenvalue weighted by Gasteiger charge is 2.63. The van der Waals surface area contributed by atoms with Gasteiger partial charge in [-0.15, -0.1) is 0 Å². The van der Waals surface area contributed by atoms with E-state index in [1.54, 1.807) is 48.5 Å². The summed E-state index contributed by atoms with van der Waals surface area (Å²) in [7, 11) is 0. The van der Waals surface area contributed by atoms with Crippen LogP contribution in [-0.4, -0.2) is 23.9 Å². The number of ether oxygens (including phenoxy) is 1. The van der Waals surface area contributed by atoms with Crippen molar-refractivity contribution in [1.29, 1.82) is 0 Å². The Kier molecular flexibility index (Phi) is 4.32. The Balaban J connectivity index is 1.29. The fourth-order valence-corrected chi connectivity index (χ4v) is 5.19. The van der Waals surface area contributed by atoms with E-state index in [1.807, 2.05) is 0 Å². The second kappa shape index (κ2) is 6.88. The molecule has 2 aromatic carbocycles. The summed E-state index contributed by atoms with van der Waals surface area (Å²) in [6.07, 6.45) is 1.65. The number of esters is 1. The second-order valence-corrected chi connectivity index (χ2v) is 8.39. The number of nitrogens with one attached hydrogen (secondary N) is 2. The SMILES string of the molecule is O=C(Nc1ccc(Cl)cc1)c1cccc(NC(=O)[C@@H]2[C@@H]3C[C@@H]4[C@H]2C(=O)O[C@@H]4C3)c1. The number of carbonyl (C=O) groups is 3. The van der Waals surface area contributed by atoms with Crippen molar-refractivity contribution in [2.75, 3.05) is 10.6 Å². The molecule has 148 valence electrons. The Bertz CT molecular complexity index is 1000. The number of anilines is 2. The van der Waals surface area contributed by atoms with Crippen molar-refractivity contribution < 1.29 is 19.1 Å². The zero-order valence-corrected chi connectivity index (χ0v) is 16.2. The minimum Gasteiger partial charge on any atom is -0.462 e. The molecule has 2 aromatic rings. The summed E-state index contributed by atoms with van der Waals surface area (Å²) < 4.78 is 5.40. The molecule has 5 atom stereocenters. The molecule has 2 amide bonds. The third-order valence-electron chi connectivity index (χ3n) is 6.28. The van der Waals surface area contributed by atoms with Gasteiger partial charge in [-0.25, -0.2) is 0 Å². The van der Waals surface area contributed by atoms with Crippen LogP contribution in [0.5, 0.6) is 0 Å². The lowest BCUT2D eigenvalue weighted by molar-refractivity contribution is -0.145. The Morgan fingerprint density at radius 2 is 1.79 bits per heavy atom. The van der Waals surface area contributed by atoms with Gasteiger partial charge in [-0.2, -0.15) is 0 Å². The fraction of sp³-hybridized carbons (Fsp3) is 0.318. The maximum absolute atomic E-state index is 12.9. The van der Waals surface area contributed by atoms with E-state index in [1.165, 1.54) is 0 Å². The van der Waals surface area contributed by atoms with Crippen LogP contribution < -0.4 is 10.6 Å². The molecular formula is C22H19ClN2O4. The number of rotatable bonds is 4. The van der Waals surface area contributed by atoms with Gasteiger partial charge in [0.2, 0.25) is 5.91 Å². The Morgan fingerprint density at radius 3 is 2.59 bits per heavy atom. The van der Waals surface area contributed by atoms with Gasteiger partial charge in [0.1, 0.15) is 6.10 Å². The fourth-order valence-electron chi connectivity index (χ4n) is 5.06. The molecule has 1 saturated heterocycles. The zero-order valence-electron chi connectivity index (χ0n) is 15.4. The molecule has 1 heterocycles. The minimum atomic E-state index is -0.349. The molecule has 6 nitrogen and oxygen atoms in total. The molecule has 0 radical (unpaired) electrons. The van der Waals surface area contributed by atoms with Gasteiger partial charge >= 0.3 is 5.97 Å². The summed E-state index contributed by atoms with van der Waals surface area (Å²) in [5.74, 6) is -0.998. The molecule has 2 aliphatic carbocycles. The van der Waals surface area contributed by atoms with Gasteiger partial charge in [0.25, 0.3) is 5.91 Å². The first-order valence-electron chi connectivity index (χ1n) is 9.68. The number of hydrogen-bond acceptors (Lipinski definition) is 4. The molecule has 29 heavy (non-hydrogen) atoms. The Hall–Kier alpha value is -2.86. The second-order valence-electron chi connectivity index (χ2n) is 7.95. The predicted octanol–water partition coefficient (Wildman–Crippen LogP) is 3.73. The topological polar surface area (TPSA) is 84.5 Å². The van der Waals surface area contributed by atoms with Crippen LogP contribution >= 0.6 is 11.6 Å². The number of benzene rings is 2. The van der Waals surface area contributed by atoms with Crippen LogP contribution in [0, 0.1) is 23.7 Å². The van der Waals surface area contributed by atoms with Gasteiger partial charge in [-0.05, 0) is 61.2 Å². The largest absolute Gasteiger partial charge is 0.462 e. The molecule has 5 rings (SSSR count). The number of fused-ring (bicyclic) bond motifs is 1. The zero-order chi connectivity index (χ0) is 20.1. The maximum Gasteiger partial charge on any atom is 0.310 e. The van der Waals surface area contributed by atoms with Crippen molar-refractivity contribution in [1.82, 2.24) is 0 Å². The van der Waals surface area contributed by atoms with Crippen molar-refractivity contribution in [3.05, 3.63) is 59.1 Å². The van der Waals surface area contributed by atoms with Gasteiger partial charge < -0.3 is 15.4 Å². The van der Waals surface area contributed by atoms with Gasteiger partial charge in [0.05, 0.1) is 11.8 Å². The molecule has 3 aliphatic rings. The van der Waals surface area contributed by atoms with Gasteiger partial charge in [0, 0.05) is 27.9 Å². The molecule has 7 heteroatoms. The first kappa shape index (κ1) is 18.2. The van der Waals surface area contributed by atoms with Crippen molar-refractivity contribution in [3.8, 4) is 0 Å². The van der Waals surface area contributed by atoms with E-state index in [0.29, 0.717) is 22.0 Å². The molecule has 0 spiro atoms. The van der Waals surface area contributed by atoms with Gasteiger partial charge in [-0.3, -0.25) is 14.4 Å². The van der Waals surface area contributed by atoms with E-state index in [0.717, 1.165) is 12.8 Å². The standard InChI is InChI=1S/C22H19ClN2O4/c23-13-4-6-14(7-5-13)24-20(26)11-2-1-3-15(8-11)25-21(27)18-12-9-16-17(10-12)29-22(28)19(16)18/h1-8,12,16-19H,9-10H2,(H,24,26)(H,25,27)/t12-,16+,17-,18-,19-/m1/s1. The van der Waals surface area contributed by atoms with E-state index < -0.39 is 0 Å². The average Bonchev–Trinajstić information content (AvgIpc) is 3.32. The lowest BCUT2D eigenvalue weighted by Crippen LogP contribution is -2.35. The van der Waals surface area contributed by atoms with Crippen LogP contribution in [0.1, 0.15) is 23.2 Å². The average molecular weight is 411 g/mol. The van der Waals surface area contributed by atoms with E-state index in [9.17, 15) is 14.4 Å². The molecule has 0 unspecified atom stereocenters. The molecule has 3 fully saturated rings. The normalized spacial score (nSPS) is 28.9. The third-order valence-corrected chi connectivity index (χ3v) is 6.53. The lowest BCUT2D eigenvalue weighted by Gasteiger charge is -2.23. The van der Waals surface area contributed by atoms with E-state index in [2.05, 4.69) is 10.6 Å². The third kappa shape index (κ3) is 3.17. The first-order chi connectivity index (χ1) is 14.0. The Morgan fingerprint density at radius 1 is 1.00 bits per heavy atom. The predicted molar refractivity (Wildman–Crippen MR) is 108 cm³/mol. The summed E-state index contributed by atoms with van der Waals surface area (Å²) in [6.45, 7) is 0. The van der Waals surface area contributed by atoms with E-state index in [4.69, 9.17) is 16.3 Å². The van der Waals surface area contributed by atoms with E-state index >= 15 is 0 Å². The molecule has 2 bridgehead atoms. The summed E-state index contributed by atoms with van der Waals surface area (Å²) in [5, 5.41) is 6.28. The van der Waals surface area contributed by atoms with E-state index in [-0.39, 0.29) is 47.6 Å². The lowest BCUT2D eigenvalue weighted by atomic mass is 9.79. The van der Waals surface area contributed by atoms with Crippen LogP contribution in [0.25, 0.3) is 0 Å². The van der Waals surface area contributed by atoms with Crippen LogP contribution in [0.3, 0.4) is 0 Å². The number of carbonyl (C=O) groups excluding carboxylic acids is 3. The van der Waals surface area contributed by atoms with Crippen LogP contribution in [-0.2, 0) is 14.3 Å². The first-order valence-corrected chi connectivity index (χ1v) is 10.1. The van der Waals surface area contributed by atoms with Crippen molar-refractivity contribution >= 4 is 40.8 Å². The monoisotopic (exact) mass is 410 g/mol. The highest BCUT2D eigenvalue weighted by molar-refractivity contribution is 6.30. The maximum atomic E-state index is 12.9. The highest BCUT2D eigenvalue weighted by atomic mass is 35.5. The number of halogens is 1. The summed E-state index contributed by atoms with van der Waals surface area (Å²) in [4.78, 5) is 37.6. The molecule has 0 aromatic heterocycles. The van der Waals surface area contributed by atoms with Crippen LogP contribution in [0.2, 0.25) is 5.02 Å². The quantitative estimate of drug-likeness (QED) is 0.752. The number of hydrogen-bond donors (Lipinski definition) is 2. The molecule has 1 aliphatic heterocycles. The summed E-state index contributed by atoms with van der Waals surface area (Å²) >= 11 is 5.86. The van der Waals surface area contributed by atoms with Crippen molar-refractivity contribution in [3.63, 3.8) is 0 Å². The van der Waals surface area contributed by atoms with Crippen LogP contribution in [0.15, 0.2) is 48.5 Å². The summed E-state index contributed by atoms with van der Waals surface area (Å²) in [6, 6.07) is 13.6. The highest BCUT2D eigenvalue weighted by Crippen LogP contribution is 2.57. The molecule has 2 saturated carbocycles. The smallest absolute Gasteiger partial charge is 0.310 e. The van der Waals surface area contributed by atoms with Gasteiger partial charge in [-0.1, -0.05) is 17.7 Å². The number of amides is 2. The van der Waals surface area contributed by atoms with Gasteiger partial charge in [0.15, 0.2) is 0 Å². The molecule has 2 N–H and O–H groups in total. The van der Waals surface area contributed by atoms with Crippen LogP contribution in [0.4, 0.5) is 11.4 Å². The molecular weight excluding hydrogens is 392 g/mol. The Labute approximate surface area is 172 Å². The summed E-state index contributed by atoms with van der Waals surface area (Å²) in [5.41, 5.74) is 1.58. The van der Waals surface area contributed by atoms with Crippen molar-refractivity contribution in [2.24, 2.45) is 23.7 Å². The minimum absolute atomic E-state index is 0.00133. The van der Waals surface area contributed by atoms with Crippen molar-refractivity contribution in [2.45, 2.75) is 18.9 Å².